The molecule has 1 aromatic rings. The molecule has 0 bridgehead atoms. The summed E-state index contributed by atoms with van der Waals surface area (Å²) >= 11 is 0. The highest BCUT2D eigenvalue weighted by molar-refractivity contribution is 5.55. The van der Waals surface area contributed by atoms with E-state index < -0.39 is 0 Å². The van der Waals surface area contributed by atoms with Crippen molar-refractivity contribution >= 4 is 5.69 Å². The number of nitrogen functional groups attached to an aromatic ring is 1. The molecule has 0 spiro atoms. The molecule has 0 amide bonds. The van der Waals surface area contributed by atoms with Crippen LogP contribution in [0.25, 0.3) is 0 Å². The average Bonchev–Trinajstić information content (AvgIpc) is 2.21. The molecule has 0 saturated heterocycles. The van der Waals surface area contributed by atoms with Gasteiger partial charge in [0.05, 0.1) is 13.7 Å². The lowest BCUT2D eigenvalue weighted by Crippen LogP contribution is -2.04. The Morgan fingerprint density at radius 3 is 2.71 bits per heavy atom. The summed E-state index contributed by atoms with van der Waals surface area (Å²) < 4.78 is 10.3. The van der Waals surface area contributed by atoms with Gasteiger partial charge in [0.2, 0.25) is 11.8 Å². The van der Waals surface area contributed by atoms with Crippen molar-refractivity contribution < 1.29 is 9.47 Å². The average molecular weight is 197 g/mol. The summed E-state index contributed by atoms with van der Waals surface area (Å²) in [6, 6.07) is 0. The largest absolute Gasteiger partial charge is 0.479 e. The van der Waals surface area contributed by atoms with Gasteiger partial charge in [0.15, 0.2) is 5.69 Å². The molecule has 2 N–H and O–H groups in total. The van der Waals surface area contributed by atoms with Crippen LogP contribution >= 0.6 is 0 Å². The topological polar surface area (TPSA) is 70.3 Å². The summed E-state index contributed by atoms with van der Waals surface area (Å²) in [4.78, 5) is 7.77. The predicted octanol–water partition coefficient (Wildman–Crippen LogP) is 1.25. The van der Waals surface area contributed by atoms with E-state index >= 15 is 0 Å². The number of anilines is 1. The molecule has 1 rings (SSSR count). The third-order valence-electron chi connectivity index (χ3n) is 1.74. The van der Waals surface area contributed by atoms with Gasteiger partial charge in [0.1, 0.15) is 6.33 Å². The zero-order valence-corrected chi connectivity index (χ0v) is 8.49. The van der Waals surface area contributed by atoms with Crippen molar-refractivity contribution in [3.05, 3.63) is 6.33 Å². The maximum Gasteiger partial charge on any atom is 0.244 e. The van der Waals surface area contributed by atoms with E-state index in [0.29, 0.717) is 24.1 Å². The molecule has 14 heavy (non-hydrogen) atoms. The summed E-state index contributed by atoms with van der Waals surface area (Å²) in [6.07, 6.45) is 3.42. The van der Waals surface area contributed by atoms with Gasteiger partial charge < -0.3 is 15.2 Å². The summed E-state index contributed by atoms with van der Waals surface area (Å²) in [5.41, 5.74) is 6.05. The van der Waals surface area contributed by atoms with Crippen LogP contribution in [-0.4, -0.2) is 23.7 Å². The van der Waals surface area contributed by atoms with Crippen molar-refractivity contribution in [2.45, 2.75) is 19.8 Å². The first-order valence-electron chi connectivity index (χ1n) is 4.56. The second-order valence-electron chi connectivity index (χ2n) is 2.80. The fourth-order valence-corrected chi connectivity index (χ4v) is 0.955. The summed E-state index contributed by atoms with van der Waals surface area (Å²) in [7, 11) is 1.51. The number of nitrogens with two attached hydrogens (primary N) is 1. The number of rotatable bonds is 5. The van der Waals surface area contributed by atoms with Gasteiger partial charge in [-0.3, -0.25) is 0 Å². The Balaban J connectivity index is 2.66. The molecule has 0 radical (unpaired) electrons. The first-order chi connectivity index (χ1) is 6.79. The van der Waals surface area contributed by atoms with Crippen LogP contribution in [0.2, 0.25) is 0 Å². The Hall–Kier alpha value is -1.52. The number of methoxy groups -OCH3 is 1. The zero-order chi connectivity index (χ0) is 10.4. The van der Waals surface area contributed by atoms with Gasteiger partial charge in [0, 0.05) is 0 Å². The number of ether oxygens (including phenoxy) is 2. The normalized spacial score (nSPS) is 9.86. The van der Waals surface area contributed by atoms with E-state index in [9.17, 15) is 0 Å². The van der Waals surface area contributed by atoms with Crippen molar-refractivity contribution in [2.75, 3.05) is 19.5 Å². The molecule has 0 aliphatic carbocycles. The Bertz CT molecular complexity index is 291. The number of hydrogen-bond acceptors (Lipinski definition) is 5. The second kappa shape index (κ2) is 5.26. The number of aromatic nitrogens is 2. The van der Waals surface area contributed by atoms with E-state index in [0.717, 1.165) is 12.8 Å². The first kappa shape index (κ1) is 10.6. The fourth-order valence-electron chi connectivity index (χ4n) is 0.955. The van der Waals surface area contributed by atoms with E-state index in [1.165, 1.54) is 13.4 Å². The third kappa shape index (κ3) is 2.48. The quantitative estimate of drug-likeness (QED) is 0.719. The second-order valence-corrected chi connectivity index (χ2v) is 2.80. The molecule has 1 heterocycles. The lowest BCUT2D eigenvalue weighted by atomic mass is 10.4. The molecule has 0 aliphatic heterocycles. The number of nitrogens with zero attached hydrogens (tertiary/aromatic N) is 2. The standard InChI is InChI=1S/C9H15N3O2/c1-3-4-5-14-9-7(10)8(13-2)11-6-12-9/h6H,3-5,10H2,1-2H3. The SMILES string of the molecule is CCCCOc1ncnc(OC)c1N. The van der Waals surface area contributed by atoms with Gasteiger partial charge in [-0.05, 0) is 6.42 Å². The molecule has 0 saturated carbocycles. The molecule has 5 nitrogen and oxygen atoms in total. The van der Waals surface area contributed by atoms with Crippen LogP contribution in [0.15, 0.2) is 6.33 Å². The summed E-state index contributed by atoms with van der Waals surface area (Å²) in [5.74, 6) is 0.747. The van der Waals surface area contributed by atoms with Crippen molar-refractivity contribution in [1.29, 1.82) is 0 Å². The van der Waals surface area contributed by atoms with E-state index in [2.05, 4.69) is 16.9 Å². The van der Waals surface area contributed by atoms with Crippen molar-refractivity contribution in [1.82, 2.24) is 9.97 Å². The van der Waals surface area contributed by atoms with E-state index in [-0.39, 0.29) is 0 Å². The molecule has 0 unspecified atom stereocenters. The van der Waals surface area contributed by atoms with E-state index in [4.69, 9.17) is 15.2 Å². The van der Waals surface area contributed by atoms with Crippen LogP contribution in [0, 0.1) is 0 Å². The van der Waals surface area contributed by atoms with Crippen LogP contribution in [0.4, 0.5) is 5.69 Å². The molecular formula is C9H15N3O2. The van der Waals surface area contributed by atoms with E-state index in [1.807, 2.05) is 0 Å². The van der Waals surface area contributed by atoms with Crippen molar-refractivity contribution in [3.8, 4) is 11.8 Å². The van der Waals surface area contributed by atoms with Gasteiger partial charge in [-0.2, -0.15) is 9.97 Å². The van der Waals surface area contributed by atoms with Crippen LogP contribution in [-0.2, 0) is 0 Å². The molecule has 0 atom stereocenters. The van der Waals surface area contributed by atoms with Gasteiger partial charge in [-0.1, -0.05) is 13.3 Å². The lowest BCUT2D eigenvalue weighted by molar-refractivity contribution is 0.296. The molecule has 1 aromatic heterocycles. The maximum absolute atomic E-state index is 5.70. The Labute approximate surface area is 83.3 Å². The van der Waals surface area contributed by atoms with Gasteiger partial charge in [-0.15, -0.1) is 0 Å². The molecule has 5 heteroatoms. The first-order valence-corrected chi connectivity index (χ1v) is 4.56. The van der Waals surface area contributed by atoms with Gasteiger partial charge >= 0.3 is 0 Å². The number of unbranched alkanes of at least 4 members (excludes halogenated alkanes) is 1. The minimum absolute atomic E-state index is 0.353. The lowest BCUT2D eigenvalue weighted by Gasteiger charge is -2.08. The minimum Gasteiger partial charge on any atom is -0.479 e. The minimum atomic E-state index is 0.353. The zero-order valence-electron chi connectivity index (χ0n) is 8.49. The molecule has 0 aromatic carbocycles. The predicted molar refractivity (Wildman–Crippen MR) is 53.4 cm³/mol. The van der Waals surface area contributed by atoms with Crippen molar-refractivity contribution in [2.24, 2.45) is 0 Å². The smallest absolute Gasteiger partial charge is 0.244 e. The highest BCUT2D eigenvalue weighted by atomic mass is 16.5. The summed E-state index contributed by atoms with van der Waals surface area (Å²) in [5, 5.41) is 0. The Kier molecular flexibility index (Phi) is 3.97. The van der Waals surface area contributed by atoms with Gasteiger partial charge in [0.25, 0.3) is 0 Å². The van der Waals surface area contributed by atoms with Crippen LogP contribution in [0.3, 0.4) is 0 Å². The Morgan fingerprint density at radius 1 is 1.36 bits per heavy atom. The maximum atomic E-state index is 5.70. The molecule has 78 valence electrons. The fraction of sp³-hybridized carbons (Fsp3) is 0.556. The van der Waals surface area contributed by atoms with Crippen molar-refractivity contribution in [3.63, 3.8) is 0 Å². The highest BCUT2D eigenvalue weighted by Gasteiger charge is 2.08. The molecule has 0 fully saturated rings. The van der Waals surface area contributed by atoms with E-state index in [1.54, 1.807) is 0 Å². The molecular weight excluding hydrogens is 182 g/mol. The van der Waals surface area contributed by atoms with Crippen LogP contribution < -0.4 is 15.2 Å². The molecule has 0 aliphatic rings. The monoisotopic (exact) mass is 197 g/mol. The Morgan fingerprint density at radius 2 is 2.07 bits per heavy atom. The number of hydrogen-bond donors (Lipinski definition) is 1. The highest BCUT2D eigenvalue weighted by Crippen LogP contribution is 2.25. The van der Waals surface area contributed by atoms with Crippen LogP contribution in [0.1, 0.15) is 19.8 Å². The van der Waals surface area contributed by atoms with Gasteiger partial charge in [-0.25, -0.2) is 0 Å². The third-order valence-corrected chi connectivity index (χ3v) is 1.74. The summed E-state index contributed by atoms with van der Waals surface area (Å²) in [6.45, 7) is 2.70. The van der Waals surface area contributed by atoms with Crippen LogP contribution in [0.5, 0.6) is 11.8 Å².